The van der Waals surface area contributed by atoms with Crippen molar-refractivity contribution >= 4 is 40.1 Å². The normalized spacial score (nSPS) is 11.0. The van der Waals surface area contributed by atoms with Gasteiger partial charge in [0.15, 0.2) is 6.61 Å². The molecule has 0 aliphatic heterocycles. The van der Waals surface area contributed by atoms with Gasteiger partial charge in [-0.15, -0.1) is 0 Å². The van der Waals surface area contributed by atoms with Gasteiger partial charge in [-0.25, -0.2) is 4.79 Å². The van der Waals surface area contributed by atoms with Crippen molar-refractivity contribution in [3.05, 3.63) is 45.9 Å². The van der Waals surface area contributed by atoms with Crippen LogP contribution in [0.5, 0.6) is 0 Å². The minimum absolute atomic E-state index is 0.0591. The summed E-state index contributed by atoms with van der Waals surface area (Å²) in [6.45, 7) is 4.94. The first kappa shape index (κ1) is 18.0. The van der Waals surface area contributed by atoms with Crippen LogP contribution in [0.2, 0.25) is 5.02 Å². The van der Waals surface area contributed by atoms with Crippen LogP contribution < -0.4 is 5.32 Å². The molecule has 2 heterocycles. The van der Waals surface area contributed by atoms with Crippen molar-refractivity contribution in [1.82, 2.24) is 9.78 Å². The number of rotatable bonds is 4. The second kappa shape index (κ2) is 6.84. The molecule has 1 N–H and O–H groups in total. The van der Waals surface area contributed by atoms with E-state index in [0.29, 0.717) is 27.6 Å². The summed E-state index contributed by atoms with van der Waals surface area (Å²) in [7, 11) is 1.79. The van der Waals surface area contributed by atoms with E-state index in [2.05, 4.69) is 10.4 Å². The molecule has 0 fully saturated rings. The fourth-order valence-electron chi connectivity index (χ4n) is 2.71. The number of anilines is 1. The summed E-state index contributed by atoms with van der Waals surface area (Å²) in [6, 6.07) is 5.07. The van der Waals surface area contributed by atoms with E-state index in [1.807, 2.05) is 6.92 Å². The van der Waals surface area contributed by atoms with Crippen LogP contribution in [0.1, 0.15) is 27.5 Å². The van der Waals surface area contributed by atoms with E-state index in [0.717, 1.165) is 11.1 Å². The number of halogens is 1. The Kier molecular flexibility index (Phi) is 4.73. The maximum absolute atomic E-state index is 12.3. The molecule has 1 amide bonds. The van der Waals surface area contributed by atoms with Crippen molar-refractivity contribution in [2.75, 3.05) is 11.9 Å². The number of fused-ring (bicyclic) bond motifs is 1. The lowest BCUT2D eigenvalue weighted by molar-refractivity contribution is -0.119. The lowest BCUT2D eigenvalue weighted by atomic mass is 10.1. The Hall–Kier alpha value is -2.80. The lowest BCUT2D eigenvalue weighted by Gasteiger charge is -2.06. The third kappa shape index (κ3) is 3.30. The number of benzene rings is 1. The average Bonchev–Trinajstić information content (AvgIpc) is 3.04. The molecule has 0 bridgehead atoms. The van der Waals surface area contributed by atoms with E-state index < -0.39 is 18.5 Å². The largest absolute Gasteiger partial charge is 0.450 e. The van der Waals surface area contributed by atoms with E-state index in [1.165, 1.54) is 0 Å². The van der Waals surface area contributed by atoms with Gasteiger partial charge in [-0.1, -0.05) is 11.6 Å². The summed E-state index contributed by atoms with van der Waals surface area (Å²) >= 11 is 5.97. The van der Waals surface area contributed by atoms with Crippen LogP contribution in [0.25, 0.3) is 11.0 Å². The maximum Gasteiger partial charge on any atom is 0.375 e. The highest BCUT2D eigenvalue weighted by atomic mass is 35.5. The van der Waals surface area contributed by atoms with Gasteiger partial charge in [0.2, 0.25) is 5.76 Å². The molecule has 136 valence electrons. The number of aryl methyl sites for hydroxylation is 3. The Morgan fingerprint density at radius 2 is 2.04 bits per heavy atom. The van der Waals surface area contributed by atoms with E-state index in [4.69, 9.17) is 20.8 Å². The van der Waals surface area contributed by atoms with E-state index in [-0.39, 0.29) is 5.76 Å². The zero-order chi connectivity index (χ0) is 19.0. The van der Waals surface area contributed by atoms with E-state index in [1.54, 1.807) is 43.8 Å². The zero-order valence-corrected chi connectivity index (χ0v) is 15.6. The van der Waals surface area contributed by atoms with Crippen molar-refractivity contribution in [1.29, 1.82) is 0 Å². The average molecular weight is 376 g/mol. The topological polar surface area (TPSA) is 86.4 Å². The molecule has 3 rings (SSSR count). The van der Waals surface area contributed by atoms with Crippen molar-refractivity contribution in [2.24, 2.45) is 7.05 Å². The molecular formula is C18H18ClN3O4. The first-order valence-electron chi connectivity index (χ1n) is 7.93. The number of nitrogens with zero attached hydrogens (tertiary/aromatic N) is 2. The second-order valence-electron chi connectivity index (χ2n) is 5.99. The molecule has 0 unspecified atom stereocenters. The number of carbonyl (C=O) groups is 2. The molecule has 0 saturated carbocycles. The van der Waals surface area contributed by atoms with Crippen molar-refractivity contribution in [3.63, 3.8) is 0 Å². The fraction of sp³-hybridized carbons (Fsp3) is 0.278. The lowest BCUT2D eigenvalue weighted by Crippen LogP contribution is -2.21. The molecule has 1 aromatic carbocycles. The van der Waals surface area contributed by atoms with Gasteiger partial charge in [0.25, 0.3) is 5.91 Å². The Bertz CT molecular complexity index is 1020. The van der Waals surface area contributed by atoms with E-state index in [9.17, 15) is 9.59 Å². The highest BCUT2D eigenvalue weighted by Crippen LogP contribution is 2.28. The molecule has 8 heteroatoms. The van der Waals surface area contributed by atoms with E-state index >= 15 is 0 Å². The van der Waals surface area contributed by atoms with Gasteiger partial charge in [-0.2, -0.15) is 5.10 Å². The summed E-state index contributed by atoms with van der Waals surface area (Å²) < 4.78 is 12.3. The van der Waals surface area contributed by atoms with Gasteiger partial charge >= 0.3 is 5.97 Å². The third-order valence-electron chi connectivity index (χ3n) is 4.19. The molecule has 0 aliphatic rings. The number of amides is 1. The summed E-state index contributed by atoms with van der Waals surface area (Å²) in [5.41, 5.74) is 3.27. The monoisotopic (exact) mass is 375 g/mol. The Balaban J connectivity index is 1.69. The fourth-order valence-corrected chi connectivity index (χ4v) is 2.89. The van der Waals surface area contributed by atoms with Crippen molar-refractivity contribution in [2.45, 2.75) is 20.8 Å². The number of ether oxygens (including phenoxy) is 1. The number of hydrogen-bond acceptors (Lipinski definition) is 5. The summed E-state index contributed by atoms with van der Waals surface area (Å²) in [6.07, 6.45) is 0. The number of hydrogen-bond donors (Lipinski definition) is 1. The molecular weight excluding hydrogens is 358 g/mol. The molecule has 7 nitrogen and oxygen atoms in total. The maximum atomic E-state index is 12.3. The van der Waals surface area contributed by atoms with Gasteiger partial charge in [0.1, 0.15) is 5.58 Å². The Labute approximate surface area is 154 Å². The number of nitrogens with one attached hydrogen (secondary N) is 1. The molecule has 2 aromatic heterocycles. The molecule has 0 saturated heterocycles. The third-order valence-corrected chi connectivity index (χ3v) is 4.43. The minimum atomic E-state index is -0.704. The van der Waals surface area contributed by atoms with Gasteiger partial charge < -0.3 is 14.5 Å². The molecule has 0 aliphatic carbocycles. The van der Waals surface area contributed by atoms with Gasteiger partial charge in [0, 0.05) is 23.0 Å². The summed E-state index contributed by atoms with van der Waals surface area (Å²) in [5.74, 6) is -1.09. The van der Waals surface area contributed by atoms with Crippen LogP contribution in [-0.2, 0) is 16.6 Å². The first-order chi connectivity index (χ1) is 12.3. The van der Waals surface area contributed by atoms with Crippen LogP contribution in [0, 0.1) is 20.8 Å². The zero-order valence-electron chi connectivity index (χ0n) is 14.8. The number of furan rings is 1. The number of aromatic nitrogens is 2. The SMILES string of the molecule is Cc1nn(C)c(C)c1NC(=O)COC(=O)c1oc2ccc(Cl)cc2c1C. The number of carbonyl (C=O) groups excluding carboxylic acids is 2. The minimum Gasteiger partial charge on any atom is -0.450 e. The molecule has 0 spiro atoms. The number of esters is 1. The summed E-state index contributed by atoms with van der Waals surface area (Å²) in [5, 5.41) is 8.20. The standard InChI is InChI=1S/C18H18ClN3O4/c1-9-13-7-12(19)5-6-14(13)26-17(9)18(24)25-8-15(23)20-16-10(2)21-22(4)11(16)3/h5-7H,8H2,1-4H3,(H,20,23). The highest BCUT2D eigenvalue weighted by molar-refractivity contribution is 6.31. The predicted octanol–water partition coefficient (Wildman–Crippen LogP) is 3.54. The van der Waals surface area contributed by atoms with Crippen LogP contribution in [0.15, 0.2) is 22.6 Å². The van der Waals surface area contributed by atoms with Gasteiger partial charge in [-0.3, -0.25) is 9.48 Å². The van der Waals surface area contributed by atoms with Crippen molar-refractivity contribution < 1.29 is 18.7 Å². The highest BCUT2D eigenvalue weighted by Gasteiger charge is 2.21. The van der Waals surface area contributed by atoms with Crippen LogP contribution >= 0.6 is 11.6 Å². The van der Waals surface area contributed by atoms with Crippen LogP contribution in [0.3, 0.4) is 0 Å². The van der Waals surface area contributed by atoms with Crippen molar-refractivity contribution in [3.8, 4) is 0 Å². The van der Waals surface area contributed by atoms with Gasteiger partial charge in [-0.05, 0) is 39.0 Å². The van der Waals surface area contributed by atoms with Crippen LogP contribution in [-0.4, -0.2) is 28.3 Å². The predicted molar refractivity (Wildman–Crippen MR) is 97.6 cm³/mol. The first-order valence-corrected chi connectivity index (χ1v) is 8.31. The molecule has 26 heavy (non-hydrogen) atoms. The molecule has 3 aromatic rings. The van der Waals surface area contributed by atoms with Crippen LogP contribution in [0.4, 0.5) is 5.69 Å². The molecule has 0 atom stereocenters. The Morgan fingerprint density at radius 1 is 1.31 bits per heavy atom. The Morgan fingerprint density at radius 3 is 2.69 bits per heavy atom. The van der Waals surface area contributed by atoms with Gasteiger partial charge in [0.05, 0.1) is 17.1 Å². The molecule has 0 radical (unpaired) electrons. The quantitative estimate of drug-likeness (QED) is 0.705. The second-order valence-corrected chi connectivity index (χ2v) is 6.43. The smallest absolute Gasteiger partial charge is 0.375 e. The summed E-state index contributed by atoms with van der Waals surface area (Å²) in [4.78, 5) is 24.4.